The lowest BCUT2D eigenvalue weighted by molar-refractivity contribution is -0.135. The number of nitrogens with one attached hydrogen (secondary N) is 2. The molecule has 2 aliphatic heterocycles. The number of hydrogen-bond acceptors (Lipinski definition) is 5. The molecule has 2 fully saturated rings. The summed E-state index contributed by atoms with van der Waals surface area (Å²) in [6.45, 7) is 12.8. The fraction of sp³-hybridized carbons (Fsp3) is 0.600. The van der Waals surface area contributed by atoms with Crippen molar-refractivity contribution < 1.29 is 23.6 Å². The van der Waals surface area contributed by atoms with Crippen LogP contribution in [0.1, 0.15) is 83.7 Å². The third-order valence-corrected chi connectivity index (χ3v) is 9.09. The molecule has 2 N–H and O–H groups in total. The van der Waals surface area contributed by atoms with Crippen molar-refractivity contribution in [3.8, 4) is 11.3 Å². The van der Waals surface area contributed by atoms with E-state index < -0.39 is 12.1 Å². The zero-order valence-electron chi connectivity index (χ0n) is 24.3. The van der Waals surface area contributed by atoms with Gasteiger partial charge in [0, 0.05) is 17.9 Å². The highest BCUT2D eigenvalue weighted by Gasteiger charge is 2.51. The van der Waals surface area contributed by atoms with Crippen LogP contribution in [0, 0.1) is 5.92 Å². The summed E-state index contributed by atoms with van der Waals surface area (Å²) in [5.74, 6) is -0.0992. The number of rotatable bonds is 6. The molecule has 5 rings (SSSR count). The first-order valence-electron chi connectivity index (χ1n) is 14.3. The van der Waals surface area contributed by atoms with Crippen LogP contribution in [-0.4, -0.2) is 59.9 Å². The maximum atomic E-state index is 13.7. The lowest BCUT2D eigenvalue weighted by Gasteiger charge is -2.32. The Balaban J connectivity index is 1.41. The molecule has 0 spiro atoms. The second kappa shape index (κ2) is 10.3. The third-order valence-electron chi connectivity index (χ3n) is 9.09. The van der Waals surface area contributed by atoms with E-state index in [0.717, 1.165) is 54.5 Å². The molecule has 2 amide bonds. The number of amides is 2. The molecule has 9 heteroatoms. The summed E-state index contributed by atoms with van der Waals surface area (Å²) in [5.41, 5.74) is 6.39. The van der Waals surface area contributed by atoms with E-state index in [1.165, 1.54) is 18.2 Å². The molecule has 0 bridgehead atoms. The summed E-state index contributed by atoms with van der Waals surface area (Å²) < 4.78 is 17.3. The molecular formula is C30H42BN3O5. The molecule has 3 heterocycles. The van der Waals surface area contributed by atoms with E-state index in [1.807, 2.05) is 18.7 Å². The summed E-state index contributed by atoms with van der Waals surface area (Å²) in [7, 11) is 0.932. The second-order valence-electron chi connectivity index (χ2n) is 12.5. The van der Waals surface area contributed by atoms with Gasteiger partial charge in [-0.25, -0.2) is 4.79 Å². The fourth-order valence-electron chi connectivity index (χ4n) is 6.13. The number of hydrogen-bond donors (Lipinski definition) is 2. The Kier molecular flexibility index (Phi) is 7.35. The summed E-state index contributed by atoms with van der Waals surface area (Å²) in [6, 6.07) is 7.82. The fourth-order valence-corrected chi connectivity index (χ4v) is 6.13. The number of aromatic amines is 1. The minimum atomic E-state index is -0.622. The molecule has 3 aliphatic rings. The van der Waals surface area contributed by atoms with Crippen molar-refractivity contribution in [3.63, 3.8) is 0 Å². The first kappa shape index (κ1) is 27.8. The summed E-state index contributed by atoms with van der Waals surface area (Å²) in [4.78, 5) is 31.3. The normalized spacial score (nSPS) is 22.3. The van der Waals surface area contributed by atoms with Gasteiger partial charge in [0.25, 0.3) is 0 Å². The summed E-state index contributed by atoms with van der Waals surface area (Å²) >= 11 is 0. The molecule has 1 aromatic carbocycles. The van der Waals surface area contributed by atoms with Gasteiger partial charge in [-0.1, -0.05) is 38.1 Å². The molecular weight excluding hydrogens is 493 g/mol. The Labute approximate surface area is 232 Å². The molecule has 0 radical (unpaired) electrons. The van der Waals surface area contributed by atoms with E-state index in [0.29, 0.717) is 6.54 Å². The SMILES string of the molecule is COC(=O)NC(C(=O)N1CCCC1c1[nH]c(-c2ccc(B3OC(C)(C)C(C)(C)O3)cc2)c2c1CCC2)C(C)C. The van der Waals surface area contributed by atoms with Crippen LogP contribution in [0.5, 0.6) is 0 Å². The Bertz CT molecular complexity index is 1220. The number of likely N-dealkylation sites (tertiary alicyclic amines) is 1. The molecule has 1 aliphatic carbocycles. The lowest BCUT2D eigenvalue weighted by atomic mass is 9.78. The van der Waals surface area contributed by atoms with Gasteiger partial charge in [-0.05, 0) is 87.9 Å². The van der Waals surface area contributed by atoms with Gasteiger partial charge in [0.15, 0.2) is 0 Å². The third kappa shape index (κ3) is 5.00. The Hall–Kier alpha value is -2.78. The number of benzene rings is 1. The minimum absolute atomic E-state index is 0.0252. The van der Waals surface area contributed by atoms with Gasteiger partial charge in [-0.2, -0.15) is 0 Å². The average Bonchev–Trinajstić information content (AvgIpc) is 3.65. The molecule has 2 unspecified atom stereocenters. The van der Waals surface area contributed by atoms with Crippen LogP contribution >= 0.6 is 0 Å². The molecule has 2 saturated heterocycles. The van der Waals surface area contributed by atoms with E-state index in [9.17, 15) is 9.59 Å². The second-order valence-corrected chi connectivity index (χ2v) is 12.5. The predicted octanol–water partition coefficient (Wildman–Crippen LogP) is 4.51. The van der Waals surface area contributed by atoms with Gasteiger partial charge in [0.2, 0.25) is 5.91 Å². The Morgan fingerprint density at radius 2 is 1.69 bits per heavy atom. The zero-order valence-corrected chi connectivity index (χ0v) is 24.3. The van der Waals surface area contributed by atoms with E-state index in [2.05, 4.69) is 62.3 Å². The summed E-state index contributed by atoms with van der Waals surface area (Å²) in [6.07, 6.45) is 4.42. The van der Waals surface area contributed by atoms with Gasteiger partial charge >= 0.3 is 13.2 Å². The van der Waals surface area contributed by atoms with Crippen LogP contribution in [0.2, 0.25) is 0 Å². The Morgan fingerprint density at radius 3 is 2.31 bits per heavy atom. The molecule has 1 aromatic heterocycles. The average molecular weight is 535 g/mol. The Morgan fingerprint density at radius 1 is 1.05 bits per heavy atom. The van der Waals surface area contributed by atoms with Gasteiger partial charge < -0.3 is 29.2 Å². The van der Waals surface area contributed by atoms with Crippen molar-refractivity contribution in [3.05, 3.63) is 41.1 Å². The molecule has 2 atom stereocenters. The van der Waals surface area contributed by atoms with E-state index in [-0.39, 0.29) is 36.2 Å². The number of fused-ring (bicyclic) bond motifs is 1. The van der Waals surface area contributed by atoms with Gasteiger partial charge in [-0.3, -0.25) is 4.79 Å². The van der Waals surface area contributed by atoms with Crippen molar-refractivity contribution in [1.29, 1.82) is 0 Å². The topological polar surface area (TPSA) is 92.9 Å². The number of ether oxygens (including phenoxy) is 1. The van der Waals surface area contributed by atoms with E-state index >= 15 is 0 Å². The van der Waals surface area contributed by atoms with Crippen LogP contribution in [0.3, 0.4) is 0 Å². The predicted molar refractivity (Wildman–Crippen MR) is 152 cm³/mol. The highest BCUT2D eigenvalue weighted by molar-refractivity contribution is 6.62. The van der Waals surface area contributed by atoms with Crippen molar-refractivity contribution in [1.82, 2.24) is 15.2 Å². The van der Waals surface area contributed by atoms with E-state index in [4.69, 9.17) is 14.0 Å². The zero-order chi connectivity index (χ0) is 28.1. The smallest absolute Gasteiger partial charge is 0.453 e. The molecule has 8 nitrogen and oxygen atoms in total. The number of methoxy groups -OCH3 is 1. The molecule has 39 heavy (non-hydrogen) atoms. The quantitative estimate of drug-likeness (QED) is 0.531. The van der Waals surface area contributed by atoms with Crippen molar-refractivity contribution in [2.75, 3.05) is 13.7 Å². The molecule has 2 aromatic rings. The highest BCUT2D eigenvalue weighted by atomic mass is 16.7. The van der Waals surface area contributed by atoms with Crippen molar-refractivity contribution in [2.24, 2.45) is 5.92 Å². The van der Waals surface area contributed by atoms with Gasteiger partial charge in [0.1, 0.15) is 6.04 Å². The van der Waals surface area contributed by atoms with Gasteiger partial charge in [0.05, 0.1) is 24.4 Å². The van der Waals surface area contributed by atoms with Crippen LogP contribution in [0.4, 0.5) is 4.79 Å². The first-order chi connectivity index (χ1) is 18.4. The van der Waals surface area contributed by atoms with E-state index in [1.54, 1.807) is 0 Å². The van der Waals surface area contributed by atoms with Crippen LogP contribution in [0.25, 0.3) is 11.3 Å². The standard InChI is InChI=1S/C30H42BN3O5/c1-18(2)24(33-28(36)37-7)27(35)34-17-9-12-23(34)26-22-11-8-10-21(22)25(32-26)19-13-15-20(16-14-19)31-38-29(3,4)30(5,6)39-31/h13-16,18,23-24,32H,8-12,17H2,1-7H3,(H,33,36). The summed E-state index contributed by atoms with van der Waals surface area (Å²) in [5, 5.41) is 2.75. The number of carbonyl (C=O) groups is 2. The van der Waals surface area contributed by atoms with Crippen LogP contribution in [0.15, 0.2) is 24.3 Å². The molecule has 0 saturated carbocycles. The number of H-pyrrole nitrogens is 1. The number of carbonyl (C=O) groups excluding carboxylic acids is 2. The number of alkyl carbamates (subject to hydrolysis) is 1. The lowest BCUT2D eigenvalue weighted by Crippen LogP contribution is -2.51. The monoisotopic (exact) mass is 535 g/mol. The maximum Gasteiger partial charge on any atom is 0.494 e. The first-order valence-corrected chi connectivity index (χ1v) is 14.3. The number of aromatic nitrogens is 1. The van der Waals surface area contributed by atoms with Crippen molar-refractivity contribution in [2.45, 2.75) is 96.9 Å². The highest BCUT2D eigenvalue weighted by Crippen LogP contribution is 2.42. The van der Waals surface area contributed by atoms with Crippen LogP contribution in [-0.2, 0) is 31.7 Å². The van der Waals surface area contributed by atoms with Crippen molar-refractivity contribution >= 4 is 24.6 Å². The number of nitrogens with zero attached hydrogens (tertiary/aromatic N) is 1. The largest absolute Gasteiger partial charge is 0.494 e. The molecule has 210 valence electrons. The minimum Gasteiger partial charge on any atom is -0.453 e. The van der Waals surface area contributed by atoms with Gasteiger partial charge in [-0.15, -0.1) is 0 Å². The van der Waals surface area contributed by atoms with Crippen LogP contribution < -0.4 is 10.8 Å². The maximum absolute atomic E-state index is 13.7.